The Bertz CT molecular complexity index is 582. The Morgan fingerprint density at radius 2 is 2.00 bits per heavy atom. The maximum atomic E-state index is 5.56. The second-order valence-electron chi connectivity index (χ2n) is 4.40. The minimum atomic E-state index is 0.394. The number of rotatable bonds is 3. The highest BCUT2D eigenvalue weighted by atomic mass is 16.6. The summed E-state index contributed by atoms with van der Waals surface area (Å²) >= 11 is 0. The third-order valence-electron chi connectivity index (χ3n) is 2.94. The molecule has 0 amide bonds. The van der Waals surface area contributed by atoms with Crippen LogP contribution < -0.4 is 20.1 Å². The fraction of sp³-hybridized carbons (Fsp3) is 0.308. The fourth-order valence-corrected chi connectivity index (χ4v) is 2.00. The van der Waals surface area contributed by atoms with Crippen molar-refractivity contribution in [2.45, 2.75) is 6.54 Å². The number of benzene rings is 1. The van der Waals surface area contributed by atoms with E-state index in [1.807, 2.05) is 30.1 Å². The van der Waals surface area contributed by atoms with Crippen molar-refractivity contribution in [1.82, 2.24) is 5.16 Å². The lowest BCUT2D eigenvalue weighted by atomic mass is 10.2. The summed E-state index contributed by atoms with van der Waals surface area (Å²) < 4.78 is 16.1. The zero-order valence-corrected chi connectivity index (χ0v) is 10.6. The van der Waals surface area contributed by atoms with Crippen molar-refractivity contribution in [3.63, 3.8) is 0 Å². The first kappa shape index (κ1) is 11.7. The van der Waals surface area contributed by atoms with Gasteiger partial charge in [-0.2, -0.15) is 0 Å². The Morgan fingerprint density at radius 1 is 1.21 bits per heavy atom. The average molecular weight is 261 g/mol. The first-order valence-electron chi connectivity index (χ1n) is 6.04. The van der Waals surface area contributed by atoms with Crippen LogP contribution in [-0.2, 0) is 6.54 Å². The molecule has 0 spiro atoms. The molecule has 0 bridgehead atoms. The van der Waals surface area contributed by atoms with E-state index in [0.717, 1.165) is 22.9 Å². The van der Waals surface area contributed by atoms with Gasteiger partial charge in [0.05, 0.1) is 6.54 Å². The molecule has 3 rings (SSSR count). The number of nitrogens with two attached hydrogens (primary N) is 1. The summed E-state index contributed by atoms with van der Waals surface area (Å²) in [6, 6.07) is 7.56. The molecule has 0 atom stereocenters. The number of aromatic nitrogens is 1. The average Bonchev–Trinajstić information content (AvgIpc) is 2.83. The summed E-state index contributed by atoms with van der Waals surface area (Å²) in [7, 11) is 1.96. The normalized spacial score (nSPS) is 13.3. The third kappa shape index (κ3) is 2.42. The van der Waals surface area contributed by atoms with Crippen molar-refractivity contribution >= 4 is 11.5 Å². The molecule has 1 aliphatic rings. The molecule has 1 aromatic carbocycles. The molecule has 0 radical (unpaired) electrons. The lowest BCUT2D eigenvalue weighted by Crippen LogP contribution is -2.18. The molecule has 0 saturated carbocycles. The van der Waals surface area contributed by atoms with Gasteiger partial charge in [-0.3, -0.25) is 0 Å². The third-order valence-corrected chi connectivity index (χ3v) is 2.94. The fourth-order valence-electron chi connectivity index (χ4n) is 2.00. The molecule has 2 heterocycles. The minimum Gasteiger partial charge on any atom is -0.486 e. The molecule has 1 aliphatic heterocycles. The first-order chi connectivity index (χ1) is 9.22. The summed E-state index contributed by atoms with van der Waals surface area (Å²) in [4.78, 5) is 2.03. The van der Waals surface area contributed by atoms with Crippen molar-refractivity contribution in [1.29, 1.82) is 0 Å². The van der Waals surface area contributed by atoms with Crippen LogP contribution in [-0.4, -0.2) is 25.4 Å². The molecule has 0 saturated heterocycles. The van der Waals surface area contributed by atoms with Crippen LogP contribution in [0.2, 0.25) is 0 Å². The van der Waals surface area contributed by atoms with Gasteiger partial charge in [-0.05, 0) is 12.1 Å². The molecule has 19 heavy (non-hydrogen) atoms. The molecule has 100 valence electrons. The summed E-state index contributed by atoms with van der Waals surface area (Å²) in [6.45, 7) is 1.77. The number of nitrogen functional groups attached to an aromatic ring is 1. The lowest BCUT2D eigenvalue weighted by Gasteiger charge is -2.22. The van der Waals surface area contributed by atoms with Crippen molar-refractivity contribution < 1.29 is 14.0 Å². The van der Waals surface area contributed by atoms with Crippen molar-refractivity contribution in [3.8, 4) is 11.5 Å². The minimum absolute atomic E-state index is 0.394. The van der Waals surface area contributed by atoms with Crippen molar-refractivity contribution in [2.24, 2.45) is 0 Å². The SMILES string of the molecule is CN(Cc1cc(N)no1)c1ccc2c(c1)OCCO2. The number of ether oxygens (including phenoxy) is 2. The molecule has 0 unspecified atom stereocenters. The predicted octanol–water partition coefficient (Wildman–Crippen LogP) is 1.66. The van der Waals surface area contributed by atoms with Gasteiger partial charge in [0.15, 0.2) is 23.1 Å². The molecule has 2 aromatic rings. The van der Waals surface area contributed by atoms with E-state index in [0.29, 0.717) is 25.6 Å². The van der Waals surface area contributed by atoms with Crippen LogP contribution in [0.5, 0.6) is 11.5 Å². The summed E-state index contributed by atoms with van der Waals surface area (Å²) in [5.41, 5.74) is 6.54. The molecule has 6 heteroatoms. The highest BCUT2D eigenvalue weighted by molar-refractivity contribution is 5.56. The van der Waals surface area contributed by atoms with Crippen LogP contribution in [0.3, 0.4) is 0 Å². The topological polar surface area (TPSA) is 73.8 Å². The molecule has 6 nitrogen and oxygen atoms in total. The van der Waals surface area contributed by atoms with Crippen LogP contribution >= 0.6 is 0 Å². The van der Waals surface area contributed by atoms with Crippen LogP contribution in [0.15, 0.2) is 28.8 Å². The number of anilines is 2. The Kier molecular flexibility index (Phi) is 2.91. The summed E-state index contributed by atoms with van der Waals surface area (Å²) in [5.74, 6) is 2.67. The Labute approximate surface area is 110 Å². The van der Waals surface area contributed by atoms with Gasteiger partial charge in [-0.25, -0.2) is 0 Å². The second kappa shape index (κ2) is 4.72. The maximum Gasteiger partial charge on any atom is 0.167 e. The zero-order valence-electron chi connectivity index (χ0n) is 10.6. The van der Waals surface area contributed by atoms with Crippen molar-refractivity contribution in [2.75, 3.05) is 30.9 Å². The van der Waals surface area contributed by atoms with Gasteiger partial charge in [0.25, 0.3) is 0 Å². The van der Waals surface area contributed by atoms with Crippen molar-refractivity contribution in [3.05, 3.63) is 30.0 Å². The quantitative estimate of drug-likeness (QED) is 0.905. The van der Waals surface area contributed by atoms with Crippen LogP contribution in [0.1, 0.15) is 5.76 Å². The monoisotopic (exact) mass is 261 g/mol. The van der Waals surface area contributed by atoms with Crippen LogP contribution in [0.25, 0.3) is 0 Å². The second-order valence-corrected chi connectivity index (χ2v) is 4.40. The standard InChI is InChI=1S/C13H15N3O3/c1-16(8-10-7-13(14)15-19-10)9-2-3-11-12(6-9)18-5-4-17-11/h2-3,6-7H,4-5,8H2,1H3,(H2,14,15). The molecular weight excluding hydrogens is 246 g/mol. The molecular formula is C13H15N3O3. The number of hydrogen-bond donors (Lipinski definition) is 1. The van der Waals surface area contributed by atoms with E-state index < -0.39 is 0 Å². The molecule has 1 aromatic heterocycles. The van der Waals surface area contributed by atoms with Gasteiger partial charge in [-0.1, -0.05) is 5.16 Å². The Hall–Kier alpha value is -2.37. The van der Waals surface area contributed by atoms with Gasteiger partial charge in [0.2, 0.25) is 0 Å². The van der Waals surface area contributed by atoms with E-state index in [1.54, 1.807) is 6.07 Å². The predicted molar refractivity (Wildman–Crippen MR) is 70.5 cm³/mol. The van der Waals surface area contributed by atoms with E-state index in [2.05, 4.69) is 5.16 Å². The van der Waals surface area contributed by atoms with E-state index in [-0.39, 0.29) is 0 Å². The van der Waals surface area contributed by atoms with E-state index in [1.165, 1.54) is 0 Å². The van der Waals surface area contributed by atoms with Crippen LogP contribution in [0, 0.1) is 0 Å². The zero-order chi connectivity index (χ0) is 13.2. The Balaban J connectivity index is 1.77. The van der Waals surface area contributed by atoms with Gasteiger partial charge in [0.1, 0.15) is 13.2 Å². The number of fused-ring (bicyclic) bond motifs is 1. The number of hydrogen-bond acceptors (Lipinski definition) is 6. The van der Waals surface area contributed by atoms with E-state index >= 15 is 0 Å². The molecule has 0 fully saturated rings. The molecule has 0 aliphatic carbocycles. The van der Waals surface area contributed by atoms with Gasteiger partial charge in [-0.15, -0.1) is 0 Å². The first-order valence-corrected chi connectivity index (χ1v) is 6.04. The Morgan fingerprint density at radius 3 is 2.74 bits per heavy atom. The summed E-state index contributed by atoms with van der Waals surface area (Å²) in [6.07, 6.45) is 0. The highest BCUT2D eigenvalue weighted by Gasteiger charge is 2.14. The van der Waals surface area contributed by atoms with E-state index in [4.69, 9.17) is 19.7 Å². The maximum absolute atomic E-state index is 5.56. The number of nitrogens with zero attached hydrogens (tertiary/aromatic N) is 2. The molecule has 2 N–H and O–H groups in total. The highest BCUT2D eigenvalue weighted by Crippen LogP contribution is 2.34. The largest absolute Gasteiger partial charge is 0.486 e. The van der Waals surface area contributed by atoms with Gasteiger partial charge < -0.3 is 24.6 Å². The van der Waals surface area contributed by atoms with Gasteiger partial charge in [0, 0.05) is 24.9 Å². The van der Waals surface area contributed by atoms with Gasteiger partial charge >= 0.3 is 0 Å². The smallest absolute Gasteiger partial charge is 0.167 e. The lowest BCUT2D eigenvalue weighted by molar-refractivity contribution is 0.171. The van der Waals surface area contributed by atoms with Crippen LogP contribution in [0.4, 0.5) is 11.5 Å². The van der Waals surface area contributed by atoms with E-state index in [9.17, 15) is 0 Å². The summed E-state index contributed by atoms with van der Waals surface area (Å²) in [5, 5.41) is 3.67.